The molecule has 2 aromatic rings. The van der Waals surface area contributed by atoms with Gasteiger partial charge in [-0.1, -0.05) is 12.1 Å². The van der Waals surface area contributed by atoms with Crippen molar-refractivity contribution in [3.63, 3.8) is 0 Å². The summed E-state index contributed by atoms with van der Waals surface area (Å²) in [6, 6.07) is 10.4. The number of aryl methyl sites for hydroxylation is 2. The van der Waals surface area contributed by atoms with Gasteiger partial charge in [-0.05, 0) is 75.2 Å². The first-order chi connectivity index (χ1) is 13.7. The number of likely N-dealkylation sites (tertiary alicyclic amines) is 1. The van der Waals surface area contributed by atoms with Gasteiger partial charge in [0.25, 0.3) is 0 Å². The van der Waals surface area contributed by atoms with E-state index in [4.69, 9.17) is 9.47 Å². The molecule has 1 fully saturated rings. The zero-order valence-corrected chi connectivity index (χ0v) is 16.9. The van der Waals surface area contributed by atoms with Crippen LogP contribution in [0.1, 0.15) is 42.6 Å². The Morgan fingerprint density at radius 3 is 2.79 bits per heavy atom. The molecule has 2 aliphatic rings. The lowest BCUT2D eigenvalue weighted by Gasteiger charge is -2.42. The summed E-state index contributed by atoms with van der Waals surface area (Å²) < 4.78 is 11.8. The van der Waals surface area contributed by atoms with Gasteiger partial charge in [-0.3, -0.25) is 9.88 Å². The number of pyridine rings is 2. The van der Waals surface area contributed by atoms with Crippen molar-refractivity contribution in [1.29, 1.82) is 0 Å². The number of fused-ring (bicyclic) bond motifs is 2. The topological polar surface area (TPSA) is 47.5 Å². The predicted molar refractivity (Wildman–Crippen MR) is 109 cm³/mol. The van der Waals surface area contributed by atoms with Gasteiger partial charge in [0.2, 0.25) is 5.88 Å². The fraction of sp³-hybridized carbons (Fsp3) is 0.565. The lowest BCUT2D eigenvalue weighted by Crippen LogP contribution is -2.42. The van der Waals surface area contributed by atoms with Crippen LogP contribution in [-0.4, -0.2) is 47.8 Å². The second-order valence-electron chi connectivity index (χ2n) is 8.31. The van der Waals surface area contributed by atoms with Gasteiger partial charge >= 0.3 is 0 Å². The van der Waals surface area contributed by atoms with E-state index in [2.05, 4.69) is 33.1 Å². The second kappa shape index (κ2) is 9.01. The van der Waals surface area contributed by atoms with Crippen molar-refractivity contribution in [1.82, 2.24) is 14.9 Å². The van der Waals surface area contributed by atoms with Gasteiger partial charge in [-0.15, -0.1) is 0 Å². The summed E-state index contributed by atoms with van der Waals surface area (Å²) in [4.78, 5) is 11.6. The molecule has 4 heterocycles. The first-order valence-electron chi connectivity index (χ1n) is 10.5. The van der Waals surface area contributed by atoms with Crippen molar-refractivity contribution in [3.8, 4) is 5.88 Å². The molecule has 0 saturated carbocycles. The maximum Gasteiger partial charge on any atom is 0.213 e. The second-order valence-corrected chi connectivity index (χ2v) is 8.31. The highest BCUT2D eigenvalue weighted by Gasteiger charge is 2.34. The van der Waals surface area contributed by atoms with E-state index in [1.54, 1.807) is 0 Å². The Hall–Kier alpha value is -1.98. The molecule has 0 N–H and O–H groups in total. The number of nitrogens with zero attached hydrogens (tertiary/aromatic N) is 3. The van der Waals surface area contributed by atoms with Crippen LogP contribution in [0.25, 0.3) is 0 Å². The Labute approximate surface area is 168 Å². The zero-order chi connectivity index (χ0) is 19.2. The molecule has 0 aromatic carbocycles. The third-order valence-electron chi connectivity index (χ3n) is 6.10. The number of piperidine rings is 1. The fourth-order valence-electron chi connectivity index (χ4n) is 4.32. The Morgan fingerprint density at radius 1 is 1.07 bits per heavy atom. The van der Waals surface area contributed by atoms with Gasteiger partial charge in [0, 0.05) is 30.2 Å². The zero-order valence-electron chi connectivity index (χ0n) is 16.9. The Kier molecular flexibility index (Phi) is 6.23. The monoisotopic (exact) mass is 381 g/mol. The molecule has 0 unspecified atom stereocenters. The molecule has 28 heavy (non-hydrogen) atoms. The summed E-state index contributed by atoms with van der Waals surface area (Å²) in [6.45, 7) is 7.33. The van der Waals surface area contributed by atoms with E-state index in [1.807, 2.05) is 25.3 Å². The van der Waals surface area contributed by atoms with Crippen LogP contribution < -0.4 is 4.74 Å². The number of hydrogen-bond donors (Lipinski definition) is 0. The van der Waals surface area contributed by atoms with Gasteiger partial charge in [-0.25, -0.2) is 4.98 Å². The highest BCUT2D eigenvalue weighted by atomic mass is 16.5. The molecule has 5 nitrogen and oxygen atoms in total. The molecular formula is C23H31N3O2. The minimum Gasteiger partial charge on any atom is -0.475 e. The van der Waals surface area contributed by atoms with E-state index < -0.39 is 0 Å². The molecule has 1 saturated heterocycles. The van der Waals surface area contributed by atoms with Crippen molar-refractivity contribution in [2.45, 2.75) is 45.6 Å². The molecule has 1 spiro atoms. The number of ether oxygens (including phenoxy) is 2. The average Bonchev–Trinajstić information content (AvgIpc) is 2.71. The Morgan fingerprint density at radius 2 is 1.96 bits per heavy atom. The molecule has 5 heteroatoms. The normalized spacial score (nSPS) is 20.8. The number of hydrogen-bond acceptors (Lipinski definition) is 5. The first-order valence-corrected chi connectivity index (χ1v) is 10.5. The number of rotatable bonds is 2. The summed E-state index contributed by atoms with van der Waals surface area (Å²) in [5.74, 6) is 0.718. The molecule has 0 aliphatic carbocycles. The fourth-order valence-corrected chi connectivity index (χ4v) is 4.32. The lowest BCUT2D eigenvalue weighted by atomic mass is 9.75. The SMILES string of the molecule is Cc1ccc(CN2CCC3(CCCc4cccc(n4)OCCOC3)CC2)cn1. The molecule has 0 atom stereocenters. The van der Waals surface area contributed by atoms with Crippen LogP contribution in [-0.2, 0) is 17.7 Å². The van der Waals surface area contributed by atoms with Gasteiger partial charge in [-0.2, -0.15) is 0 Å². The summed E-state index contributed by atoms with van der Waals surface area (Å²) in [5.41, 5.74) is 3.81. The van der Waals surface area contributed by atoms with E-state index >= 15 is 0 Å². The standard InChI is InChI=1S/C23H31N3O2/c1-19-7-8-20(16-24-19)17-26-12-10-23(11-13-26)9-3-5-21-4-2-6-22(25-21)28-15-14-27-18-23/h2,4,6-8,16H,3,5,9-15,17-18H2,1H3. The molecule has 2 aliphatic heterocycles. The largest absolute Gasteiger partial charge is 0.475 e. The van der Waals surface area contributed by atoms with Gasteiger partial charge in [0.15, 0.2) is 0 Å². The minimum absolute atomic E-state index is 0.291. The predicted octanol–water partition coefficient (Wildman–Crippen LogP) is 3.80. The summed E-state index contributed by atoms with van der Waals surface area (Å²) in [7, 11) is 0. The quantitative estimate of drug-likeness (QED) is 0.792. The van der Waals surface area contributed by atoms with Crippen molar-refractivity contribution in [2.75, 3.05) is 32.9 Å². The molecule has 4 rings (SSSR count). The van der Waals surface area contributed by atoms with Crippen LogP contribution in [0.2, 0.25) is 0 Å². The van der Waals surface area contributed by atoms with Gasteiger partial charge in [0.1, 0.15) is 6.61 Å². The van der Waals surface area contributed by atoms with Crippen molar-refractivity contribution >= 4 is 0 Å². The smallest absolute Gasteiger partial charge is 0.213 e. The molecule has 0 amide bonds. The van der Waals surface area contributed by atoms with Crippen LogP contribution in [0.4, 0.5) is 0 Å². The summed E-state index contributed by atoms with van der Waals surface area (Å²) >= 11 is 0. The van der Waals surface area contributed by atoms with Crippen LogP contribution in [0.3, 0.4) is 0 Å². The van der Waals surface area contributed by atoms with Crippen molar-refractivity contribution in [3.05, 3.63) is 53.5 Å². The third-order valence-corrected chi connectivity index (χ3v) is 6.10. The van der Waals surface area contributed by atoms with Crippen LogP contribution >= 0.6 is 0 Å². The van der Waals surface area contributed by atoms with Crippen molar-refractivity contribution < 1.29 is 9.47 Å². The number of aromatic nitrogens is 2. The molecule has 2 aromatic heterocycles. The molecular weight excluding hydrogens is 350 g/mol. The minimum atomic E-state index is 0.291. The molecule has 0 radical (unpaired) electrons. The van der Waals surface area contributed by atoms with Crippen LogP contribution in [0.15, 0.2) is 36.5 Å². The van der Waals surface area contributed by atoms with E-state index in [0.29, 0.717) is 18.6 Å². The van der Waals surface area contributed by atoms with Gasteiger partial charge < -0.3 is 9.47 Å². The van der Waals surface area contributed by atoms with Crippen LogP contribution in [0.5, 0.6) is 5.88 Å². The van der Waals surface area contributed by atoms with E-state index in [9.17, 15) is 0 Å². The third kappa shape index (κ3) is 5.09. The maximum atomic E-state index is 6.06. The average molecular weight is 382 g/mol. The molecule has 2 bridgehead atoms. The highest BCUT2D eigenvalue weighted by molar-refractivity contribution is 5.16. The van der Waals surface area contributed by atoms with E-state index in [1.165, 1.54) is 24.8 Å². The van der Waals surface area contributed by atoms with E-state index in [0.717, 1.165) is 56.4 Å². The van der Waals surface area contributed by atoms with Crippen LogP contribution in [0, 0.1) is 12.3 Å². The first kappa shape index (κ1) is 19.3. The van der Waals surface area contributed by atoms with Gasteiger partial charge in [0.05, 0.1) is 13.2 Å². The highest BCUT2D eigenvalue weighted by Crippen LogP contribution is 2.37. The molecule has 150 valence electrons. The van der Waals surface area contributed by atoms with E-state index in [-0.39, 0.29) is 0 Å². The Balaban J connectivity index is 1.35. The maximum absolute atomic E-state index is 6.06. The summed E-state index contributed by atoms with van der Waals surface area (Å²) in [5, 5.41) is 0. The lowest BCUT2D eigenvalue weighted by molar-refractivity contribution is -0.0159. The Bertz CT molecular complexity index is 755. The summed E-state index contributed by atoms with van der Waals surface area (Å²) in [6.07, 6.45) is 7.78. The van der Waals surface area contributed by atoms with Crippen molar-refractivity contribution in [2.24, 2.45) is 5.41 Å².